The van der Waals surface area contributed by atoms with Gasteiger partial charge >= 0.3 is 0 Å². The highest BCUT2D eigenvalue weighted by Crippen LogP contribution is 2.17. The fraction of sp³-hybridized carbons (Fsp3) is 0.154. The second-order valence-corrected chi connectivity index (χ2v) is 4.93. The van der Waals surface area contributed by atoms with E-state index in [1.165, 1.54) is 18.5 Å². The Morgan fingerprint density at radius 1 is 1.37 bits per heavy atom. The average molecular weight is 322 g/mol. The van der Waals surface area contributed by atoms with Gasteiger partial charge in [0.25, 0.3) is 5.91 Å². The molecule has 5 nitrogen and oxygen atoms in total. The number of anilines is 1. The van der Waals surface area contributed by atoms with E-state index in [0.717, 1.165) is 10.2 Å². The van der Waals surface area contributed by atoms with Gasteiger partial charge < -0.3 is 10.3 Å². The van der Waals surface area contributed by atoms with Gasteiger partial charge in [0.05, 0.1) is 11.9 Å². The van der Waals surface area contributed by atoms with Crippen molar-refractivity contribution in [1.82, 2.24) is 9.97 Å². The molecule has 0 aromatic carbocycles. The quantitative estimate of drug-likeness (QED) is 0.834. The lowest BCUT2D eigenvalue weighted by atomic mass is 10.2. The lowest BCUT2D eigenvalue weighted by Gasteiger charge is -2.06. The SMILES string of the molecule is Cc1cc(=O)c(C(=O)Nc2cnc(Br)c(C)c2)c[nH]1. The number of aryl methyl sites for hydroxylation is 2. The maximum Gasteiger partial charge on any atom is 0.261 e. The Morgan fingerprint density at radius 3 is 2.74 bits per heavy atom. The molecule has 2 aromatic rings. The number of rotatable bonds is 2. The van der Waals surface area contributed by atoms with Crippen molar-refractivity contribution in [2.24, 2.45) is 0 Å². The van der Waals surface area contributed by atoms with Gasteiger partial charge in [-0.15, -0.1) is 0 Å². The molecule has 2 heterocycles. The van der Waals surface area contributed by atoms with E-state index < -0.39 is 5.91 Å². The van der Waals surface area contributed by atoms with Crippen molar-refractivity contribution in [3.8, 4) is 0 Å². The van der Waals surface area contributed by atoms with Gasteiger partial charge in [-0.25, -0.2) is 4.98 Å². The summed E-state index contributed by atoms with van der Waals surface area (Å²) < 4.78 is 0.721. The molecule has 0 spiro atoms. The number of carbonyl (C=O) groups is 1. The monoisotopic (exact) mass is 321 g/mol. The number of amides is 1. The van der Waals surface area contributed by atoms with Crippen LogP contribution in [0.4, 0.5) is 5.69 Å². The van der Waals surface area contributed by atoms with E-state index in [9.17, 15) is 9.59 Å². The van der Waals surface area contributed by atoms with E-state index in [1.807, 2.05) is 6.92 Å². The molecular weight excluding hydrogens is 310 g/mol. The van der Waals surface area contributed by atoms with Crippen LogP contribution in [0.3, 0.4) is 0 Å². The predicted molar refractivity (Wildman–Crippen MR) is 76.4 cm³/mol. The first-order valence-electron chi connectivity index (χ1n) is 5.60. The number of halogens is 1. The number of nitrogens with one attached hydrogen (secondary N) is 2. The molecular formula is C13H12BrN3O2. The normalized spacial score (nSPS) is 10.3. The largest absolute Gasteiger partial charge is 0.364 e. The second-order valence-electron chi connectivity index (χ2n) is 4.18. The van der Waals surface area contributed by atoms with E-state index in [2.05, 4.69) is 31.2 Å². The molecule has 98 valence electrons. The summed E-state index contributed by atoms with van der Waals surface area (Å²) in [5, 5.41) is 2.64. The highest BCUT2D eigenvalue weighted by Gasteiger charge is 2.11. The molecule has 0 bridgehead atoms. The van der Waals surface area contributed by atoms with E-state index in [-0.39, 0.29) is 11.0 Å². The van der Waals surface area contributed by atoms with Crippen molar-refractivity contribution in [1.29, 1.82) is 0 Å². The Morgan fingerprint density at radius 2 is 2.11 bits per heavy atom. The lowest BCUT2D eigenvalue weighted by Crippen LogP contribution is -2.21. The van der Waals surface area contributed by atoms with Gasteiger partial charge in [-0.1, -0.05) is 0 Å². The van der Waals surface area contributed by atoms with Gasteiger partial charge in [-0.3, -0.25) is 9.59 Å². The fourth-order valence-electron chi connectivity index (χ4n) is 1.58. The molecule has 2 aromatic heterocycles. The Kier molecular flexibility index (Phi) is 3.80. The van der Waals surface area contributed by atoms with Crippen LogP contribution in [-0.4, -0.2) is 15.9 Å². The Balaban J connectivity index is 2.25. The summed E-state index contributed by atoms with van der Waals surface area (Å²) in [7, 11) is 0. The fourth-order valence-corrected chi connectivity index (χ4v) is 1.79. The zero-order valence-electron chi connectivity index (χ0n) is 10.5. The van der Waals surface area contributed by atoms with Crippen LogP contribution in [0, 0.1) is 13.8 Å². The zero-order chi connectivity index (χ0) is 14.0. The smallest absolute Gasteiger partial charge is 0.261 e. The van der Waals surface area contributed by atoms with E-state index in [0.29, 0.717) is 11.4 Å². The third-order valence-electron chi connectivity index (χ3n) is 2.57. The summed E-state index contributed by atoms with van der Waals surface area (Å²) in [6.07, 6.45) is 2.93. The molecule has 0 aliphatic heterocycles. The van der Waals surface area contributed by atoms with Crippen molar-refractivity contribution in [3.63, 3.8) is 0 Å². The van der Waals surface area contributed by atoms with Crippen LogP contribution >= 0.6 is 15.9 Å². The summed E-state index contributed by atoms with van der Waals surface area (Å²) in [5.74, 6) is -0.454. The number of nitrogens with zero attached hydrogens (tertiary/aromatic N) is 1. The molecule has 0 aliphatic carbocycles. The van der Waals surface area contributed by atoms with Gasteiger partial charge in [0.15, 0.2) is 5.43 Å². The molecule has 1 amide bonds. The summed E-state index contributed by atoms with van der Waals surface area (Å²) in [4.78, 5) is 30.6. The minimum atomic E-state index is -0.454. The van der Waals surface area contributed by atoms with E-state index in [4.69, 9.17) is 0 Å². The predicted octanol–water partition coefficient (Wildman–Crippen LogP) is 2.40. The standard InChI is InChI=1S/C13H12BrN3O2/c1-7-3-9(5-16-12(7)14)17-13(19)10-6-15-8(2)4-11(10)18/h3-6H,1-2H3,(H,15,18)(H,17,19). The van der Waals surface area contributed by atoms with Crippen LogP contribution in [-0.2, 0) is 0 Å². The summed E-state index contributed by atoms with van der Waals surface area (Å²) in [6.45, 7) is 3.62. The van der Waals surface area contributed by atoms with E-state index >= 15 is 0 Å². The van der Waals surface area contributed by atoms with Crippen molar-refractivity contribution < 1.29 is 4.79 Å². The Labute approximate surface area is 118 Å². The summed E-state index contributed by atoms with van der Waals surface area (Å²) in [5.41, 5.74) is 1.92. The van der Waals surface area contributed by atoms with Crippen LogP contribution < -0.4 is 10.7 Å². The molecule has 6 heteroatoms. The summed E-state index contributed by atoms with van der Waals surface area (Å²) >= 11 is 3.28. The number of hydrogen-bond acceptors (Lipinski definition) is 3. The van der Waals surface area contributed by atoms with Crippen LogP contribution in [0.2, 0.25) is 0 Å². The van der Waals surface area contributed by atoms with Gasteiger partial charge in [-0.2, -0.15) is 0 Å². The first kappa shape index (κ1) is 13.5. The van der Waals surface area contributed by atoms with E-state index in [1.54, 1.807) is 13.0 Å². The first-order valence-corrected chi connectivity index (χ1v) is 6.39. The zero-order valence-corrected chi connectivity index (χ0v) is 12.0. The van der Waals surface area contributed by atoms with Crippen molar-refractivity contribution in [2.75, 3.05) is 5.32 Å². The number of aromatic nitrogens is 2. The number of carbonyl (C=O) groups excluding carboxylic acids is 1. The topological polar surface area (TPSA) is 74.8 Å². The van der Waals surface area contributed by atoms with Gasteiger partial charge in [0.1, 0.15) is 10.2 Å². The Hall–Kier alpha value is -1.95. The van der Waals surface area contributed by atoms with Crippen LogP contribution in [0.5, 0.6) is 0 Å². The third kappa shape index (κ3) is 3.08. The van der Waals surface area contributed by atoms with Crippen LogP contribution in [0.25, 0.3) is 0 Å². The number of aromatic amines is 1. The average Bonchev–Trinajstić information content (AvgIpc) is 2.33. The number of pyridine rings is 2. The molecule has 2 N–H and O–H groups in total. The lowest BCUT2D eigenvalue weighted by molar-refractivity contribution is 0.102. The molecule has 0 aliphatic rings. The molecule has 0 radical (unpaired) electrons. The van der Waals surface area contributed by atoms with Gasteiger partial charge in [0, 0.05) is 18.0 Å². The molecule has 0 atom stereocenters. The second kappa shape index (κ2) is 5.36. The Bertz CT molecular complexity index is 695. The number of H-pyrrole nitrogens is 1. The maximum atomic E-state index is 12.0. The molecule has 0 unspecified atom stereocenters. The van der Waals surface area contributed by atoms with Gasteiger partial charge in [-0.05, 0) is 41.4 Å². The molecule has 0 saturated heterocycles. The highest BCUT2D eigenvalue weighted by molar-refractivity contribution is 9.10. The molecule has 19 heavy (non-hydrogen) atoms. The molecule has 0 fully saturated rings. The highest BCUT2D eigenvalue weighted by atomic mass is 79.9. The third-order valence-corrected chi connectivity index (χ3v) is 3.40. The minimum Gasteiger partial charge on any atom is -0.364 e. The maximum absolute atomic E-state index is 12.0. The first-order chi connectivity index (χ1) is 8.97. The molecule has 2 rings (SSSR count). The molecule has 0 saturated carbocycles. The minimum absolute atomic E-state index is 0.0752. The van der Waals surface area contributed by atoms with Crippen molar-refractivity contribution >= 4 is 27.5 Å². The number of hydrogen-bond donors (Lipinski definition) is 2. The van der Waals surface area contributed by atoms with Crippen LogP contribution in [0.1, 0.15) is 21.6 Å². The van der Waals surface area contributed by atoms with Gasteiger partial charge in [0.2, 0.25) is 0 Å². The summed E-state index contributed by atoms with van der Waals surface area (Å²) in [6, 6.07) is 3.16. The van der Waals surface area contributed by atoms with Crippen molar-refractivity contribution in [3.05, 3.63) is 56.2 Å². The van der Waals surface area contributed by atoms with Crippen LogP contribution in [0.15, 0.2) is 33.9 Å². The van der Waals surface area contributed by atoms with Crippen molar-refractivity contribution in [2.45, 2.75) is 13.8 Å².